The minimum Gasteiger partial charge on any atom is -0.352 e. The Balaban J connectivity index is 1.45. The van der Waals surface area contributed by atoms with E-state index in [0.29, 0.717) is 5.92 Å². The molecule has 0 saturated heterocycles. The summed E-state index contributed by atoms with van der Waals surface area (Å²) in [6.07, 6.45) is 12.6. The summed E-state index contributed by atoms with van der Waals surface area (Å²) in [4.78, 5) is 42.5. The molecule has 8 nitrogen and oxygen atoms in total. The third kappa shape index (κ3) is 4.63. The van der Waals surface area contributed by atoms with Gasteiger partial charge in [0.05, 0.1) is 6.04 Å². The number of aromatic nitrogens is 3. The summed E-state index contributed by atoms with van der Waals surface area (Å²) < 4.78 is 3.20. The quantitative estimate of drug-likeness (QED) is 0.727. The summed E-state index contributed by atoms with van der Waals surface area (Å²) in [7, 11) is 1.89. The van der Waals surface area contributed by atoms with Crippen molar-refractivity contribution in [2.45, 2.75) is 63.6 Å². The maximum Gasteiger partial charge on any atom is 0.263 e. The molecule has 0 spiro atoms. The number of aryl methyl sites for hydroxylation is 1. The van der Waals surface area contributed by atoms with E-state index in [-0.39, 0.29) is 30.1 Å². The topological polar surface area (TPSA) is 98.0 Å². The van der Waals surface area contributed by atoms with Crippen LogP contribution in [0.3, 0.4) is 0 Å². The van der Waals surface area contributed by atoms with E-state index < -0.39 is 11.5 Å². The van der Waals surface area contributed by atoms with Crippen LogP contribution in [0.15, 0.2) is 35.5 Å². The van der Waals surface area contributed by atoms with Gasteiger partial charge in [-0.1, -0.05) is 19.3 Å². The highest BCUT2D eigenvalue weighted by Gasteiger charge is 2.36. The number of amides is 2. The normalized spacial score (nSPS) is 18.0. The van der Waals surface area contributed by atoms with E-state index in [1.165, 1.54) is 17.1 Å². The van der Waals surface area contributed by atoms with E-state index in [2.05, 4.69) is 15.6 Å². The Bertz CT molecular complexity index is 969. The number of rotatable bonds is 7. The molecule has 1 atom stereocenters. The van der Waals surface area contributed by atoms with Crippen LogP contribution in [0.5, 0.6) is 0 Å². The standard InChI is InChI=1S/C22H29N5O3/c1-26-13-11-23-20(26)19(15-9-10-15)25-21(29)17-8-5-12-27(22(17)30)14-18(28)24-16-6-3-2-4-7-16/h5,8,11-13,15-16,19H,2-4,6-7,9-10,14H2,1H3,(H,24,28)(H,25,29)/t19-/m0/s1. The van der Waals surface area contributed by atoms with E-state index in [1.807, 2.05) is 17.8 Å². The average Bonchev–Trinajstić information content (AvgIpc) is 3.49. The van der Waals surface area contributed by atoms with Crippen LogP contribution in [0.25, 0.3) is 0 Å². The molecular weight excluding hydrogens is 382 g/mol. The first-order chi connectivity index (χ1) is 14.5. The Morgan fingerprint density at radius 3 is 2.60 bits per heavy atom. The Morgan fingerprint density at radius 2 is 1.93 bits per heavy atom. The minimum atomic E-state index is -0.455. The number of pyridine rings is 1. The Labute approximate surface area is 175 Å². The predicted octanol–water partition coefficient (Wildman–Crippen LogP) is 1.91. The molecule has 0 aromatic carbocycles. The van der Waals surface area contributed by atoms with Gasteiger partial charge in [-0.05, 0) is 43.7 Å². The number of imidazole rings is 1. The van der Waals surface area contributed by atoms with Crippen molar-refractivity contribution < 1.29 is 9.59 Å². The van der Waals surface area contributed by atoms with Gasteiger partial charge >= 0.3 is 0 Å². The molecule has 8 heteroatoms. The number of carbonyl (C=O) groups excluding carboxylic acids is 2. The van der Waals surface area contributed by atoms with Crippen LogP contribution >= 0.6 is 0 Å². The molecule has 160 valence electrons. The van der Waals surface area contributed by atoms with Crippen molar-refractivity contribution in [2.24, 2.45) is 13.0 Å². The first-order valence-corrected chi connectivity index (χ1v) is 10.8. The largest absolute Gasteiger partial charge is 0.352 e. The van der Waals surface area contributed by atoms with Gasteiger partial charge in [-0.25, -0.2) is 4.98 Å². The Morgan fingerprint density at radius 1 is 1.17 bits per heavy atom. The van der Waals surface area contributed by atoms with Gasteiger partial charge in [0.25, 0.3) is 11.5 Å². The van der Waals surface area contributed by atoms with Gasteiger partial charge < -0.3 is 19.8 Å². The molecule has 2 N–H and O–H groups in total. The number of hydrogen-bond acceptors (Lipinski definition) is 4. The number of nitrogens with zero attached hydrogens (tertiary/aromatic N) is 3. The highest BCUT2D eigenvalue weighted by Crippen LogP contribution is 2.40. The summed E-state index contributed by atoms with van der Waals surface area (Å²) in [6, 6.07) is 3.11. The van der Waals surface area contributed by atoms with E-state index in [9.17, 15) is 14.4 Å². The highest BCUT2D eigenvalue weighted by atomic mass is 16.2. The second kappa shape index (κ2) is 8.85. The zero-order valence-corrected chi connectivity index (χ0v) is 17.3. The maximum atomic E-state index is 12.9. The molecular formula is C22H29N5O3. The Hall–Kier alpha value is -2.90. The van der Waals surface area contributed by atoms with Gasteiger partial charge in [0.1, 0.15) is 17.9 Å². The average molecular weight is 412 g/mol. The summed E-state index contributed by atoms with van der Waals surface area (Å²) in [5, 5.41) is 6.00. The molecule has 2 aromatic heterocycles. The van der Waals surface area contributed by atoms with Gasteiger partial charge in [0.2, 0.25) is 5.91 Å². The van der Waals surface area contributed by atoms with Crippen molar-refractivity contribution in [3.63, 3.8) is 0 Å². The van der Waals surface area contributed by atoms with Crippen LogP contribution in [0.4, 0.5) is 0 Å². The molecule has 4 rings (SSSR count). The van der Waals surface area contributed by atoms with Gasteiger partial charge in [-0.2, -0.15) is 0 Å². The lowest BCUT2D eigenvalue weighted by atomic mass is 9.95. The van der Waals surface area contributed by atoms with Crippen LogP contribution in [0, 0.1) is 5.92 Å². The molecule has 0 radical (unpaired) electrons. The minimum absolute atomic E-state index is 0.0443. The molecule has 0 bridgehead atoms. The zero-order valence-electron chi connectivity index (χ0n) is 17.3. The van der Waals surface area contributed by atoms with Crippen molar-refractivity contribution in [1.82, 2.24) is 24.8 Å². The molecule has 2 fully saturated rings. The van der Waals surface area contributed by atoms with Gasteiger partial charge in [-0.3, -0.25) is 14.4 Å². The van der Waals surface area contributed by atoms with Crippen molar-refractivity contribution in [2.75, 3.05) is 0 Å². The lowest BCUT2D eigenvalue weighted by molar-refractivity contribution is -0.122. The molecule has 30 heavy (non-hydrogen) atoms. The number of carbonyl (C=O) groups is 2. The summed E-state index contributed by atoms with van der Waals surface area (Å²) >= 11 is 0. The fraction of sp³-hybridized carbons (Fsp3) is 0.545. The molecule has 2 aromatic rings. The highest BCUT2D eigenvalue weighted by molar-refractivity contribution is 5.94. The molecule has 2 saturated carbocycles. The van der Waals surface area contributed by atoms with Crippen molar-refractivity contribution >= 4 is 11.8 Å². The van der Waals surface area contributed by atoms with Gasteiger partial charge in [0, 0.05) is 31.7 Å². The number of nitrogens with one attached hydrogen (secondary N) is 2. The predicted molar refractivity (Wildman–Crippen MR) is 112 cm³/mol. The zero-order chi connectivity index (χ0) is 21.1. The first kappa shape index (κ1) is 20.4. The van der Waals surface area contributed by atoms with Crippen molar-refractivity contribution in [1.29, 1.82) is 0 Å². The van der Waals surface area contributed by atoms with Crippen LogP contribution in [0.2, 0.25) is 0 Å². The molecule has 2 aliphatic rings. The molecule has 2 amide bonds. The lowest BCUT2D eigenvalue weighted by Gasteiger charge is -2.23. The molecule has 0 unspecified atom stereocenters. The SMILES string of the molecule is Cn1ccnc1[C@@H](NC(=O)c1cccn(CC(=O)NC2CCCCC2)c1=O)C1CC1. The summed E-state index contributed by atoms with van der Waals surface area (Å²) in [5.74, 6) is 0.503. The van der Waals surface area contributed by atoms with Crippen molar-refractivity contribution in [3.05, 3.63) is 52.5 Å². The van der Waals surface area contributed by atoms with Crippen LogP contribution in [0.1, 0.15) is 67.2 Å². The fourth-order valence-corrected chi connectivity index (χ4v) is 4.23. The fourth-order valence-electron chi connectivity index (χ4n) is 4.23. The van der Waals surface area contributed by atoms with E-state index in [0.717, 1.165) is 44.3 Å². The molecule has 0 aliphatic heterocycles. The summed E-state index contributed by atoms with van der Waals surface area (Å²) in [6.45, 7) is -0.0815. The lowest BCUT2D eigenvalue weighted by Crippen LogP contribution is -2.41. The van der Waals surface area contributed by atoms with Crippen LogP contribution in [-0.4, -0.2) is 32.0 Å². The van der Waals surface area contributed by atoms with Crippen LogP contribution < -0.4 is 16.2 Å². The second-order valence-corrected chi connectivity index (χ2v) is 8.44. The smallest absolute Gasteiger partial charge is 0.263 e. The third-order valence-electron chi connectivity index (χ3n) is 6.07. The number of hydrogen-bond donors (Lipinski definition) is 2. The molecule has 2 aliphatic carbocycles. The van der Waals surface area contributed by atoms with Crippen LogP contribution in [-0.2, 0) is 18.4 Å². The summed E-state index contributed by atoms with van der Waals surface area (Å²) in [5.41, 5.74) is -0.411. The van der Waals surface area contributed by atoms with Gasteiger partial charge in [0.15, 0.2) is 0 Å². The van der Waals surface area contributed by atoms with Gasteiger partial charge in [-0.15, -0.1) is 0 Å². The second-order valence-electron chi connectivity index (χ2n) is 8.44. The molecule has 2 heterocycles. The van der Waals surface area contributed by atoms with E-state index in [1.54, 1.807) is 18.5 Å². The first-order valence-electron chi connectivity index (χ1n) is 10.8. The third-order valence-corrected chi connectivity index (χ3v) is 6.07. The van der Waals surface area contributed by atoms with E-state index >= 15 is 0 Å². The maximum absolute atomic E-state index is 12.9. The monoisotopic (exact) mass is 411 g/mol. The van der Waals surface area contributed by atoms with Crippen molar-refractivity contribution in [3.8, 4) is 0 Å². The Kier molecular flexibility index (Phi) is 6.01. The van der Waals surface area contributed by atoms with E-state index in [4.69, 9.17) is 0 Å².